The fourth-order valence-corrected chi connectivity index (χ4v) is 2.01. The molecule has 0 saturated heterocycles. The molecule has 0 aliphatic carbocycles. The Labute approximate surface area is 128 Å². The zero-order valence-electron chi connectivity index (χ0n) is 12.9. The highest BCUT2D eigenvalue weighted by Crippen LogP contribution is 2.18. The van der Waals surface area contributed by atoms with E-state index in [0.717, 1.165) is 24.6 Å². The van der Waals surface area contributed by atoms with Gasteiger partial charge in [-0.3, -0.25) is 0 Å². The van der Waals surface area contributed by atoms with Gasteiger partial charge in [-0.15, -0.1) is 0 Å². The van der Waals surface area contributed by atoms with Crippen molar-refractivity contribution in [3.63, 3.8) is 0 Å². The monoisotopic (exact) mass is 309 g/mol. The minimum atomic E-state index is -0.492. The third-order valence-corrected chi connectivity index (χ3v) is 3.30. The quantitative estimate of drug-likeness (QED) is 0.854. The molecule has 1 heterocycles. The smallest absolute Gasteiger partial charge is 0.212 e. The molecule has 0 unspecified atom stereocenters. The van der Waals surface area contributed by atoms with Gasteiger partial charge < -0.3 is 10.5 Å². The third kappa shape index (κ3) is 4.27. The second-order valence-electron chi connectivity index (χ2n) is 5.61. The maximum Gasteiger partial charge on any atom is 0.212 e. The van der Waals surface area contributed by atoms with Crippen LogP contribution in [0.15, 0.2) is 24.3 Å². The summed E-state index contributed by atoms with van der Waals surface area (Å²) in [5, 5.41) is 4.35. The Bertz CT molecular complexity index is 626. The van der Waals surface area contributed by atoms with Crippen LogP contribution in [-0.4, -0.2) is 9.78 Å². The van der Waals surface area contributed by atoms with Crippen molar-refractivity contribution in [2.45, 2.75) is 40.0 Å². The zero-order valence-corrected chi connectivity index (χ0v) is 12.9. The van der Waals surface area contributed by atoms with Crippen LogP contribution < -0.4 is 10.5 Å². The van der Waals surface area contributed by atoms with Gasteiger partial charge in [0.25, 0.3) is 0 Å². The Kier molecular flexibility index (Phi) is 5.49. The van der Waals surface area contributed by atoms with Crippen molar-refractivity contribution in [2.75, 3.05) is 0 Å². The van der Waals surface area contributed by atoms with Crippen LogP contribution in [0, 0.1) is 17.6 Å². The molecular formula is C16H21F2N3O. The topological polar surface area (TPSA) is 53.1 Å². The first-order chi connectivity index (χ1) is 10.5. The number of halogens is 2. The van der Waals surface area contributed by atoms with E-state index in [1.54, 1.807) is 10.7 Å². The number of ether oxygens (including phenoxy) is 1. The van der Waals surface area contributed by atoms with Gasteiger partial charge in [0.15, 0.2) is 0 Å². The molecule has 0 spiro atoms. The Morgan fingerprint density at radius 3 is 2.73 bits per heavy atom. The van der Waals surface area contributed by atoms with Crippen LogP contribution in [0.4, 0.5) is 8.78 Å². The normalized spacial score (nSPS) is 11.2. The molecule has 4 nitrogen and oxygen atoms in total. The first-order valence-electron chi connectivity index (χ1n) is 7.33. The SMILES string of the molecule is CC(C)CCn1nc(CN)cc1OCc1cc(F)ccc1F. The van der Waals surface area contributed by atoms with E-state index >= 15 is 0 Å². The summed E-state index contributed by atoms with van der Waals surface area (Å²) in [5.74, 6) is 0.0634. The molecule has 6 heteroatoms. The molecule has 120 valence electrons. The first kappa shape index (κ1) is 16.4. The molecule has 1 aromatic carbocycles. The number of benzene rings is 1. The summed E-state index contributed by atoms with van der Waals surface area (Å²) in [6.07, 6.45) is 0.941. The summed E-state index contributed by atoms with van der Waals surface area (Å²) >= 11 is 0. The van der Waals surface area contributed by atoms with E-state index < -0.39 is 11.6 Å². The van der Waals surface area contributed by atoms with Crippen molar-refractivity contribution >= 4 is 0 Å². The van der Waals surface area contributed by atoms with E-state index in [4.69, 9.17) is 10.5 Å². The van der Waals surface area contributed by atoms with Crippen LogP contribution in [0.3, 0.4) is 0 Å². The fraction of sp³-hybridized carbons (Fsp3) is 0.438. The van der Waals surface area contributed by atoms with Crippen LogP contribution in [0.1, 0.15) is 31.5 Å². The van der Waals surface area contributed by atoms with E-state index in [-0.39, 0.29) is 12.2 Å². The average molecular weight is 309 g/mol. The second kappa shape index (κ2) is 7.35. The van der Waals surface area contributed by atoms with Crippen molar-refractivity contribution in [1.29, 1.82) is 0 Å². The van der Waals surface area contributed by atoms with Gasteiger partial charge in [0.05, 0.1) is 5.69 Å². The lowest BCUT2D eigenvalue weighted by Crippen LogP contribution is -2.08. The highest BCUT2D eigenvalue weighted by atomic mass is 19.1. The molecule has 0 bridgehead atoms. The first-order valence-corrected chi connectivity index (χ1v) is 7.33. The van der Waals surface area contributed by atoms with Crippen LogP contribution in [0.2, 0.25) is 0 Å². The summed E-state index contributed by atoms with van der Waals surface area (Å²) in [6.45, 7) is 5.19. The summed E-state index contributed by atoms with van der Waals surface area (Å²) in [4.78, 5) is 0. The second-order valence-corrected chi connectivity index (χ2v) is 5.61. The van der Waals surface area contributed by atoms with E-state index in [2.05, 4.69) is 18.9 Å². The van der Waals surface area contributed by atoms with Gasteiger partial charge >= 0.3 is 0 Å². The van der Waals surface area contributed by atoms with E-state index in [9.17, 15) is 8.78 Å². The molecule has 0 aliphatic heterocycles. The molecule has 2 N–H and O–H groups in total. The summed E-state index contributed by atoms with van der Waals surface area (Å²) in [7, 11) is 0. The number of hydrogen-bond acceptors (Lipinski definition) is 3. The van der Waals surface area contributed by atoms with Crippen molar-refractivity contribution in [1.82, 2.24) is 9.78 Å². The lowest BCUT2D eigenvalue weighted by Gasteiger charge is -2.11. The largest absolute Gasteiger partial charge is 0.473 e. The lowest BCUT2D eigenvalue weighted by atomic mass is 10.1. The number of nitrogens with two attached hydrogens (primary N) is 1. The number of aryl methyl sites for hydroxylation is 1. The number of aromatic nitrogens is 2. The number of hydrogen-bond donors (Lipinski definition) is 1. The molecule has 2 rings (SSSR count). The highest BCUT2D eigenvalue weighted by molar-refractivity contribution is 5.20. The predicted octanol–water partition coefficient (Wildman–Crippen LogP) is 3.25. The Morgan fingerprint density at radius 2 is 2.05 bits per heavy atom. The molecule has 0 atom stereocenters. The maximum absolute atomic E-state index is 13.6. The minimum absolute atomic E-state index is 0.0546. The van der Waals surface area contributed by atoms with Gasteiger partial charge in [0.1, 0.15) is 18.2 Å². The van der Waals surface area contributed by atoms with Gasteiger partial charge in [0, 0.05) is 24.7 Å². The molecule has 2 aromatic rings. The van der Waals surface area contributed by atoms with Crippen molar-refractivity contribution < 1.29 is 13.5 Å². The molecule has 22 heavy (non-hydrogen) atoms. The predicted molar refractivity (Wildman–Crippen MR) is 80.3 cm³/mol. The Morgan fingerprint density at radius 1 is 1.27 bits per heavy atom. The minimum Gasteiger partial charge on any atom is -0.473 e. The van der Waals surface area contributed by atoms with Crippen molar-refractivity contribution in [2.24, 2.45) is 11.7 Å². The lowest BCUT2D eigenvalue weighted by molar-refractivity contribution is 0.263. The van der Waals surface area contributed by atoms with Gasteiger partial charge in [0.2, 0.25) is 5.88 Å². The maximum atomic E-state index is 13.6. The molecule has 0 fully saturated rings. The summed E-state index contributed by atoms with van der Waals surface area (Å²) in [5.41, 5.74) is 6.48. The average Bonchev–Trinajstić information content (AvgIpc) is 2.88. The van der Waals surface area contributed by atoms with E-state index in [1.165, 1.54) is 0 Å². The summed E-state index contributed by atoms with van der Waals surface area (Å²) in [6, 6.07) is 5.04. The molecule has 0 amide bonds. The van der Waals surface area contributed by atoms with Gasteiger partial charge in [-0.2, -0.15) is 5.10 Å². The highest BCUT2D eigenvalue weighted by Gasteiger charge is 2.11. The van der Waals surface area contributed by atoms with Crippen LogP contribution in [0.25, 0.3) is 0 Å². The fourth-order valence-electron chi connectivity index (χ4n) is 2.01. The standard InChI is InChI=1S/C16H21F2N3O/c1-11(2)5-6-21-16(8-14(9-19)20-21)22-10-12-7-13(17)3-4-15(12)18/h3-4,7-8,11H,5-6,9-10,19H2,1-2H3. The van der Waals surface area contributed by atoms with Gasteiger partial charge in [-0.05, 0) is 30.5 Å². The Hall–Kier alpha value is -1.95. The molecule has 0 radical (unpaired) electrons. The Balaban J connectivity index is 2.10. The van der Waals surface area contributed by atoms with Crippen LogP contribution in [-0.2, 0) is 19.7 Å². The van der Waals surface area contributed by atoms with Crippen molar-refractivity contribution in [3.8, 4) is 5.88 Å². The third-order valence-electron chi connectivity index (χ3n) is 3.30. The number of rotatable bonds is 7. The molecule has 1 aromatic heterocycles. The van der Waals surface area contributed by atoms with Crippen LogP contribution >= 0.6 is 0 Å². The number of nitrogens with zero attached hydrogens (tertiary/aromatic N) is 2. The zero-order chi connectivity index (χ0) is 16.1. The van der Waals surface area contributed by atoms with Gasteiger partial charge in [-0.25, -0.2) is 13.5 Å². The van der Waals surface area contributed by atoms with Crippen molar-refractivity contribution in [3.05, 3.63) is 47.2 Å². The van der Waals surface area contributed by atoms with E-state index in [1.807, 2.05) is 0 Å². The molecular weight excluding hydrogens is 288 g/mol. The van der Waals surface area contributed by atoms with Gasteiger partial charge in [-0.1, -0.05) is 13.8 Å². The summed E-state index contributed by atoms with van der Waals surface area (Å²) < 4.78 is 34.1. The van der Waals surface area contributed by atoms with Crippen LogP contribution in [0.5, 0.6) is 5.88 Å². The molecule has 0 aliphatic rings. The molecule has 0 saturated carbocycles. The van der Waals surface area contributed by atoms with E-state index in [0.29, 0.717) is 30.6 Å².